The van der Waals surface area contributed by atoms with Crippen LogP contribution in [0, 0.1) is 0 Å². The number of nitrogens with one attached hydrogen (secondary N) is 1. The van der Waals surface area contributed by atoms with Crippen molar-refractivity contribution in [2.75, 3.05) is 19.8 Å². The molecule has 0 radical (unpaired) electrons. The molecular formula is C20H21ClN2O3. The number of nitrogens with two attached hydrogens (primary N) is 1. The predicted octanol–water partition coefficient (Wildman–Crippen LogP) is 2.92. The van der Waals surface area contributed by atoms with Gasteiger partial charge >= 0.3 is 0 Å². The normalized spacial score (nSPS) is 16.0. The van der Waals surface area contributed by atoms with Crippen LogP contribution in [0.2, 0.25) is 5.02 Å². The molecule has 5 nitrogen and oxygen atoms in total. The second kappa shape index (κ2) is 7.89. The average Bonchev–Trinajstić information content (AvgIpc) is 2.67. The minimum absolute atomic E-state index is 0.195. The van der Waals surface area contributed by atoms with Crippen LogP contribution in [0.5, 0.6) is 0 Å². The van der Waals surface area contributed by atoms with E-state index >= 15 is 0 Å². The highest BCUT2D eigenvalue weighted by molar-refractivity contribution is 6.31. The number of hydrogen-bond acceptors (Lipinski definition) is 3. The molecule has 0 spiro atoms. The zero-order valence-corrected chi connectivity index (χ0v) is 15.1. The van der Waals surface area contributed by atoms with Crippen LogP contribution in [-0.2, 0) is 10.2 Å². The molecule has 26 heavy (non-hydrogen) atoms. The van der Waals surface area contributed by atoms with Crippen LogP contribution in [0.1, 0.15) is 39.1 Å². The van der Waals surface area contributed by atoms with Gasteiger partial charge in [0.15, 0.2) is 0 Å². The van der Waals surface area contributed by atoms with Gasteiger partial charge in [-0.05, 0) is 48.7 Å². The van der Waals surface area contributed by atoms with E-state index in [4.69, 9.17) is 22.1 Å². The van der Waals surface area contributed by atoms with Crippen molar-refractivity contribution in [3.05, 3.63) is 70.2 Å². The summed E-state index contributed by atoms with van der Waals surface area (Å²) in [4.78, 5) is 23.7. The molecule has 3 N–H and O–H groups in total. The summed E-state index contributed by atoms with van der Waals surface area (Å²) in [5.41, 5.74) is 6.87. The lowest BCUT2D eigenvalue weighted by Crippen LogP contribution is -2.44. The predicted molar refractivity (Wildman–Crippen MR) is 100 cm³/mol. The van der Waals surface area contributed by atoms with Gasteiger partial charge in [0.1, 0.15) is 0 Å². The molecular weight excluding hydrogens is 352 g/mol. The van der Waals surface area contributed by atoms with Crippen LogP contribution < -0.4 is 11.1 Å². The van der Waals surface area contributed by atoms with E-state index in [1.807, 2.05) is 24.3 Å². The Labute approximate surface area is 157 Å². The minimum atomic E-state index is -0.517. The monoisotopic (exact) mass is 372 g/mol. The number of carbonyl (C=O) groups is 2. The van der Waals surface area contributed by atoms with Crippen molar-refractivity contribution >= 4 is 23.4 Å². The second-order valence-electron chi connectivity index (χ2n) is 6.50. The molecule has 1 heterocycles. The second-order valence-corrected chi connectivity index (χ2v) is 6.90. The van der Waals surface area contributed by atoms with Crippen LogP contribution >= 0.6 is 11.6 Å². The third-order valence-electron chi connectivity index (χ3n) is 4.91. The molecule has 6 heteroatoms. The van der Waals surface area contributed by atoms with Crippen LogP contribution in [0.25, 0.3) is 0 Å². The summed E-state index contributed by atoms with van der Waals surface area (Å²) in [6, 6.07) is 14.1. The highest BCUT2D eigenvalue weighted by Crippen LogP contribution is 2.38. The molecule has 1 fully saturated rings. The maximum absolute atomic E-state index is 12.5. The van der Waals surface area contributed by atoms with Crippen molar-refractivity contribution in [3.8, 4) is 0 Å². The summed E-state index contributed by atoms with van der Waals surface area (Å²) < 4.78 is 5.51. The van der Waals surface area contributed by atoms with Gasteiger partial charge in [-0.15, -0.1) is 0 Å². The number of ether oxygens (including phenoxy) is 1. The molecule has 0 unspecified atom stereocenters. The Morgan fingerprint density at radius 1 is 1.04 bits per heavy atom. The van der Waals surface area contributed by atoms with Gasteiger partial charge in [-0.2, -0.15) is 0 Å². The topological polar surface area (TPSA) is 81.4 Å². The zero-order chi connectivity index (χ0) is 18.6. The lowest BCUT2D eigenvalue weighted by molar-refractivity contribution is 0.0487. The van der Waals surface area contributed by atoms with Crippen molar-refractivity contribution in [2.45, 2.75) is 18.3 Å². The Kier molecular flexibility index (Phi) is 5.59. The van der Waals surface area contributed by atoms with Crippen LogP contribution in [0.4, 0.5) is 0 Å². The zero-order valence-electron chi connectivity index (χ0n) is 14.3. The maximum atomic E-state index is 12.5. The summed E-state index contributed by atoms with van der Waals surface area (Å²) in [7, 11) is 0. The van der Waals surface area contributed by atoms with E-state index in [1.54, 1.807) is 24.3 Å². The number of primary amides is 1. The fourth-order valence-corrected chi connectivity index (χ4v) is 3.67. The molecule has 2 aromatic carbocycles. The fourth-order valence-electron chi connectivity index (χ4n) is 3.33. The summed E-state index contributed by atoms with van der Waals surface area (Å²) in [5.74, 6) is -0.712. The van der Waals surface area contributed by atoms with E-state index in [-0.39, 0.29) is 11.3 Å². The average molecular weight is 373 g/mol. The minimum Gasteiger partial charge on any atom is -0.381 e. The van der Waals surface area contributed by atoms with E-state index < -0.39 is 5.91 Å². The van der Waals surface area contributed by atoms with Crippen molar-refractivity contribution in [3.63, 3.8) is 0 Å². The Hall–Kier alpha value is -2.37. The van der Waals surface area contributed by atoms with Gasteiger partial charge in [0.25, 0.3) is 5.91 Å². The van der Waals surface area contributed by atoms with E-state index in [1.165, 1.54) is 0 Å². The summed E-state index contributed by atoms with van der Waals surface area (Å²) in [5, 5.41) is 3.72. The van der Waals surface area contributed by atoms with Crippen molar-refractivity contribution < 1.29 is 14.3 Å². The first-order valence-electron chi connectivity index (χ1n) is 8.53. The number of rotatable bonds is 5. The molecule has 3 rings (SSSR count). The molecule has 2 aromatic rings. The molecule has 1 saturated heterocycles. The van der Waals surface area contributed by atoms with E-state index in [9.17, 15) is 9.59 Å². The summed E-state index contributed by atoms with van der Waals surface area (Å²) >= 11 is 6.43. The van der Waals surface area contributed by atoms with Gasteiger partial charge in [-0.25, -0.2) is 0 Å². The quantitative estimate of drug-likeness (QED) is 0.846. The number of benzene rings is 2. The van der Waals surface area contributed by atoms with Gasteiger partial charge in [0.2, 0.25) is 5.91 Å². The molecule has 0 saturated carbocycles. The highest BCUT2D eigenvalue weighted by Gasteiger charge is 2.36. The Morgan fingerprint density at radius 3 is 2.27 bits per heavy atom. The van der Waals surface area contributed by atoms with Crippen molar-refractivity contribution in [1.29, 1.82) is 0 Å². The molecule has 1 aliphatic rings. The molecule has 0 bridgehead atoms. The molecule has 136 valence electrons. The van der Waals surface area contributed by atoms with Gasteiger partial charge in [-0.3, -0.25) is 9.59 Å². The Morgan fingerprint density at radius 2 is 1.65 bits per heavy atom. The number of amides is 2. The van der Waals surface area contributed by atoms with E-state index in [0.29, 0.717) is 35.9 Å². The summed E-state index contributed by atoms with van der Waals surface area (Å²) in [6.45, 7) is 1.74. The fraction of sp³-hybridized carbons (Fsp3) is 0.300. The molecule has 2 amide bonds. The first kappa shape index (κ1) is 18.4. The van der Waals surface area contributed by atoms with Crippen LogP contribution in [0.3, 0.4) is 0 Å². The van der Waals surface area contributed by atoms with Crippen molar-refractivity contribution in [1.82, 2.24) is 5.32 Å². The highest BCUT2D eigenvalue weighted by atomic mass is 35.5. The maximum Gasteiger partial charge on any atom is 0.251 e. The number of carbonyl (C=O) groups excluding carboxylic acids is 2. The van der Waals surface area contributed by atoms with Gasteiger partial charge < -0.3 is 15.8 Å². The Balaban J connectivity index is 1.77. The Bertz CT molecular complexity index is 799. The number of hydrogen-bond donors (Lipinski definition) is 2. The molecule has 0 aliphatic carbocycles. The van der Waals surface area contributed by atoms with Gasteiger partial charge in [-0.1, -0.05) is 29.8 Å². The van der Waals surface area contributed by atoms with Crippen LogP contribution in [0.15, 0.2) is 48.5 Å². The van der Waals surface area contributed by atoms with Gasteiger partial charge in [0.05, 0.1) is 0 Å². The SMILES string of the molecule is NC(=O)c1ccc(C(=O)NCC2(c3ccccc3Cl)CCOCC2)cc1. The third-order valence-corrected chi connectivity index (χ3v) is 5.24. The lowest BCUT2D eigenvalue weighted by atomic mass is 9.74. The lowest BCUT2D eigenvalue weighted by Gasteiger charge is -2.38. The smallest absolute Gasteiger partial charge is 0.251 e. The number of halogens is 1. The van der Waals surface area contributed by atoms with Gasteiger partial charge in [0, 0.05) is 41.3 Å². The first-order chi connectivity index (χ1) is 12.5. The first-order valence-corrected chi connectivity index (χ1v) is 8.90. The summed E-state index contributed by atoms with van der Waals surface area (Å²) in [6.07, 6.45) is 1.58. The van der Waals surface area contributed by atoms with Crippen molar-refractivity contribution in [2.24, 2.45) is 5.73 Å². The largest absolute Gasteiger partial charge is 0.381 e. The standard InChI is InChI=1S/C20H21ClN2O3/c21-17-4-2-1-3-16(17)20(9-11-26-12-10-20)13-23-19(25)15-7-5-14(6-8-15)18(22)24/h1-8H,9-13H2,(H2,22,24)(H,23,25). The third kappa shape index (κ3) is 3.89. The molecule has 0 aromatic heterocycles. The molecule has 0 atom stereocenters. The van der Waals surface area contributed by atoms with Crippen LogP contribution in [-0.4, -0.2) is 31.6 Å². The molecule has 1 aliphatic heterocycles. The van der Waals surface area contributed by atoms with E-state index in [0.717, 1.165) is 18.4 Å². The van der Waals surface area contributed by atoms with E-state index in [2.05, 4.69) is 5.32 Å².